The number of nitrogens with one attached hydrogen (secondary N) is 2. The molecule has 1 saturated carbocycles. The average Bonchev–Trinajstić information content (AvgIpc) is 2.27. The largest absolute Gasteiger partial charge is 0.481 e. The van der Waals surface area contributed by atoms with Crippen molar-refractivity contribution in [1.82, 2.24) is 10.6 Å². The number of carbonyl (C=O) groups is 2. The lowest BCUT2D eigenvalue weighted by atomic mass is 9.93. The fourth-order valence-electron chi connectivity index (χ4n) is 1.94. The van der Waals surface area contributed by atoms with Gasteiger partial charge in [-0.1, -0.05) is 12.8 Å². The van der Waals surface area contributed by atoms with E-state index in [1.54, 1.807) is 0 Å². The number of carboxylic acid groups (broad SMARTS) is 1. The standard InChI is InChI=1S/C11H20N2O4/c14-9-5-2-1-4-8(9)13-11(17)12-7-3-6-10(15)16/h8-9,14H,1-7H2,(H,15,16)(H2,12,13,17)/t8-,9-/m1/s1. The van der Waals surface area contributed by atoms with Crippen LogP contribution in [0.4, 0.5) is 4.79 Å². The molecular formula is C11H20N2O4. The SMILES string of the molecule is O=C(O)CCCNC(=O)N[C@@H]1CCCC[C@H]1O. The van der Waals surface area contributed by atoms with Gasteiger partial charge in [0.15, 0.2) is 0 Å². The predicted molar refractivity (Wildman–Crippen MR) is 61.7 cm³/mol. The van der Waals surface area contributed by atoms with Gasteiger partial charge < -0.3 is 20.8 Å². The van der Waals surface area contributed by atoms with Crippen LogP contribution in [0, 0.1) is 0 Å². The molecule has 1 aliphatic carbocycles. The third kappa shape index (κ3) is 5.53. The van der Waals surface area contributed by atoms with E-state index in [0.29, 0.717) is 13.0 Å². The van der Waals surface area contributed by atoms with E-state index in [1.807, 2.05) is 0 Å². The van der Waals surface area contributed by atoms with E-state index in [1.165, 1.54) is 0 Å². The first kappa shape index (κ1) is 13.8. The van der Waals surface area contributed by atoms with Gasteiger partial charge in [-0.25, -0.2) is 4.79 Å². The van der Waals surface area contributed by atoms with Gasteiger partial charge in [-0.3, -0.25) is 4.79 Å². The quantitative estimate of drug-likeness (QED) is 0.528. The highest BCUT2D eigenvalue weighted by molar-refractivity contribution is 5.74. The predicted octanol–water partition coefficient (Wildman–Crippen LogP) is 0.454. The number of carboxylic acids is 1. The van der Waals surface area contributed by atoms with Crippen molar-refractivity contribution < 1.29 is 19.8 Å². The van der Waals surface area contributed by atoms with Crippen LogP contribution in [0.2, 0.25) is 0 Å². The summed E-state index contributed by atoms with van der Waals surface area (Å²) in [4.78, 5) is 21.7. The lowest BCUT2D eigenvalue weighted by Crippen LogP contribution is -2.49. The molecule has 0 aromatic heterocycles. The molecule has 0 bridgehead atoms. The van der Waals surface area contributed by atoms with E-state index in [-0.39, 0.29) is 18.5 Å². The molecule has 0 aliphatic heterocycles. The molecule has 4 N–H and O–H groups in total. The Bertz CT molecular complexity index is 270. The summed E-state index contributed by atoms with van der Waals surface area (Å²) in [5, 5.41) is 23.3. The first-order valence-corrected chi connectivity index (χ1v) is 6.04. The van der Waals surface area contributed by atoms with Gasteiger partial charge in [0.1, 0.15) is 0 Å². The Morgan fingerprint density at radius 2 is 1.94 bits per heavy atom. The van der Waals surface area contributed by atoms with Crippen LogP contribution in [0.1, 0.15) is 38.5 Å². The average molecular weight is 244 g/mol. The van der Waals surface area contributed by atoms with Gasteiger partial charge in [0.25, 0.3) is 0 Å². The van der Waals surface area contributed by atoms with Crippen LogP contribution in [0.3, 0.4) is 0 Å². The Morgan fingerprint density at radius 1 is 1.24 bits per heavy atom. The van der Waals surface area contributed by atoms with Crippen molar-refractivity contribution in [3.05, 3.63) is 0 Å². The van der Waals surface area contributed by atoms with Crippen LogP contribution < -0.4 is 10.6 Å². The monoisotopic (exact) mass is 244 g/mol. The van der Waals surface area contributed by atoms with Gasteiger partial charge in [0.05, 0.1) is 12.1 Å². The van der Waals surface area contributed by atoms with E-state index >= 15 is 0 Å². The molecule has 17 heavy (non-hydrogen) atoms. The molecule has 1 rings (SSSR count). The van der Waals surface area contributed by atoms with Crippen molar-refractivity contribution in [2.45, 2.75) is 50.7 Å². The van der Waals surface area contributed by atoms with Crippen LogP contribution in [-0.4, -0.2) is 40.9 Å². The number of aliphatic carboxylic acids is 1. The maximum Gasteiger partial charge on any atom is 0.315 e. The van der Waals surface area contributed by atoms with Crippen LogP contribution in [0.25, 0.3) is 0 Å². The molecule has 1 fully saturated rings. The highest BCUT2D eigenvalue weighted by atomic mass is 16.4. The normalized spacial score (nSPS) is 24.1. The Balaban J connectivity index is 2.13. The maximum atomic E-state index is 11.4. The number of amides is 2. The minimum Gasteiger partial charge on any atom is -0.481 e. The molecule has 0 radical (unpaired) electrons. The van der Waals surface area contributed by atoms with Crippen molar-refractivity contribution in [3.8, 4) is 0 Å². The van der Waals surface area contributed by atoms with Gasteiger partial charge >= 0.3 is 12.0 Å². The first-order valence-electron chi connectivity index (χ1n) is 6.04. The lowest BCUT2D eigenvalue weighted by Gasteiger charge is -2.28. The van der Waals surface area contributed by atoms with E-state index < -0.39 is 12.1 Å². The van der Waals surface area contributed by atoms with Gasteiger partial charge in [0, 0.05) is 13.0 Å². The highest BCUT2D eigenvalue weighted by Gasteiger charge is 2.24. The summed E-state index contributed by atoms with van der Waals surface area (Å²) in [7, 11) is 0. The van der Waals surface area contributed by atoms with Crippen LogP contribution in [-0.2, 0) is 4.79 Å². The first-order chi connectivity index (χ1) is 8.09. The van der Waals surface area contributed by atoms with E-state index in [0.717, 1.165) is 25.7 Å². The third-order valence-electron chi connectivity index (χ3n) is 2.90. The van der Waals surface area contributed by atoms with Gasteiger partial charge in [-0.2, -0.15) is 0 Å². The zero-order chi connectivity index (χ0) is 12.7. The van der Waals surface area contributed by atoms with Gasteiger partial charge in [0.2, 0.25) is 0 Å². The van der Waals surface area contributed by atoms with E-state index in [9.17, 15) is 14.7 Å². The van der Waals surface area contributed by atoms with Crippen LogP contribution in [0.5, 0.6) is 0 Å². The zero-order valence-electron chi connectivity index (χ0n) is 9.82. The molecule has 0 aromatic carbocycles. The van der Waals surface area contributed by atoms with Crippen LogP contribution >= 0.6 is 0 Å². The number of aliphatic hydroxyl groups is 1. The number of aliphatic hydroxyl groups excluding tert-OH is 1. The number of hydrogen-bond acceptors (Lipinski definition) is 3. The van der Waals surface area contributed by atoms with Crippen molar-refractivity contribution in [2.75, 3.05) is 6.54 Å². The molecule has 0 spiro atoms. The van der Waals surface area contributed by atoms with Crippen LogP contribution in [0.15, 0.2) is 0 Å². The minimum atomic E-state index is -0.866. The molecule has 0 aromatic rings. The second kappa shape index (κ2) is 7.11. The van der Waals surface area contributed by atoms with Crippen molar-refractivity contribution >= 4 is 12.0 Å². The Morgan fingerprint density at radius 3 is 2.59 bits per heavy atom. The summed E-state index contributed by atoms with van der Waals surface area (Å²) in [6, 6.07) is -0.510. The molecule has 2 amide bonds. The molecule has 1 aliphatic rings. The summed E-state index contributed by atoms with van der Waals surface area (Å²) in [5.41, 5.74) is 0. The van der Waals surface area contributed by atoms with E-state index in [2.05, 4.69) is 10.6 Å². The van der Waals surface area contributed by atoms with Crippen molar-refractivity contribution in [3.63, 3.8) is 0 Å². The summed E-state index contributed by atoms with van der Waals surface area (Å²) >= 11 is 0. The summed E-state index contributed by atoms with van der Waals surface area (Å²) in [5.74, 6) is -0.866. The number of rotatable bonds is 5. The minimum absolute atomic E-state index is 0.0479. The molecule has 0 heterocycles. The van der Waals surface area contributed by atoms with Gasteiger partial charge in [-0.05, 0) is 19.3 Å². The number of hydrogen-bond donors (Lipinski definition) is 4. The molecule has 0 unspecified atom stereocenters. The fourth-order valence-corrected chi connectivity index (χ4v) is 1.94. The summed E-state index contributed by atoms with van der Waals surface area (Å²) < 4.78 is 0. The fraction of sp³-hybridized carbons (Fsp3) is 0.818. The smallest absolute Gasteiger partial charge is 0.315 e. The molecule has 0 saturated heterocycles. The molecule has 98 valence electrons. The number of urea groups is 1. The highest BCUT2D eigenvalue weighted by Crippen LogP contribution is 2.17. The summed E-state index contributed by atoms with van der Waals surface area (Å²) in [6.07, 6.45) is 3.53. The third-order valence-corrected chi connectivity index (χ3v) is 2.90. The number of carbonyl (C=O) groups excluding carboxylic acids is 1. The van der Waals surface area contributed by atoms with Gasteiger partial charge in [-0.15, -0.1) is 0 Å². The Kier molecular flexibility index (Phi) is 5.76. The molecular weight excluding hydrogens is 224 g/mol. The molecule has 2 atom stereocenters. The van der Waals surface area contributed by atoms with Crippen molar-refractivity contribution in [1.29, 1.82) is 0 Å². The molecule has 6 nitrogen and oxygen atoms in total. The van der Waals surface area contributed by atoms with Crippen molar-refractivity contribution in [2.24, 2.45) is 0 Å². The Hall–Kier alpha value is -1.30. The summed E-state index contributed by atoms with van der Waals surface area (Å²) in [6.45, 7) is 0.334. The zero-order valence-corrected chi connectivity index (χ0v) is 9.82. The lowest BCUT2D eigenvalue weighted by molar-refractivity contribution is -0.137. The molecule has 6 heteroatoms. The van der Waals surface area contributed by atoms with E-state index in [4.69, 9.17) is 5.11 Å². The topological polar surface area (TPSA) is 98.7 Å². The maximum absolute atomic E-state index is 11.4. The second-order valence-corrected chi connectivity index (χ2v) is 4.36. The Labute approximate surface area is 100 Å². The second-order valence-electron chi connectivity index (χ2n) is 4.36.